The fourth-order valence-electron chi connectivity index (χ4n) is 2.51. The van der Waals surface area contributed by atoms with Gasteiger partial charge in [0.15, 0.2) is 0 Å². The average Bonchev–Trinajstić information content (AvgIpc) is 2.59. The highest BCUT2D eigenvalue weighted by Gasteiger charge is 2.28. The zero-order valence-electron chi connectivity index (χ0n) is 17.0. The Labute approximate surface area is 166 Å². The van der Waals surface area contributed by atoms with Crippen LogP contribution < -0.4 is 10.6 Å². The largest absolute Gasteiger partial charge is 0.481 e. The molecule has 0 heterocycles. The van der Waals surface area contributed by atoms with Crippen LogP contribution in [0.4, 0.5) is 0 Å². The van der Waals surface area contributed by atoms with Gasteiger partial charge in [0.2, 0.25) is 5.91 Å². The first kappa shape index (κ1) is 25.6. The summed E-state index contributed by atoms with van der Waals surface area (Å²) in [4.78, 5) is 35.8. The lowest BCUT2D eigenvalue weighted by Gasteiger charge is -2.23. The van der Waals surface area contributed by atoms with Crippen LogP contribution >= 0.6 is 0 Å². The minimum atomic E-state index is -1.09. The molecule has 0 radical (unpaired) electrons. The molecule has 0 spiro atoms. The summed E-state index contributed by atoms with van der Waals surface area (Å²) in [6.45, 7) is 6.69. The molecule has 0 saturated carbocycles. The third-order valence-corrected chi connectivity index (χ3v) is 4.05. The van der Waals surface area contributed by atoms with Crippen LogP contribution in [0.2, 0.25) is 0 Å². The quantitative estimate of drug-likeness (QED) is 0.503. The van der Waals surface area contributed by atoms with E-state index in [-0.39, 0.29) is 23.7 Å². The van der Waals surface area contributed by atoms with Gasteiger partial charge in [0.05, 0.1) is 19.6 Å². The molecule has 1 amide bonds. The number of carboxylic acids is 1. The number of hydrogen-bond donors (Lipinski definition) is 3. The topological polar surface area (TPSA) is 136 Å². The van der Waals surface area contributed by atoms with E-state index in [1.165, 1.54) is 7.11 Å². The summed E-state index contributed by atoms with van der Waals surface area (Å²) < 4.78 is 4.78. The molecule has 0 aliphatic carbocycles. The number of ether oxygens (including phenoxy) is 1. The van der Waals surface area contributed by atoms with Crippen LogP contribution in [0.1, 0.15) is 39.2 Å². The number of esters is 1. The zero-order chi connectivity index (χ0) is 20.4. The molecule has 5 N–H and O–H groups in total. The molecule has 0 saturated heterocycles. The molecule has 2 atom stereocenters. The summed E-state index contributed by atoms with van der Waals surface area (Å²) in [5, 5.41) is 14.7. The van der Waals surface area contributed by atoms with Crippen LogP contribution in [0.5, 0.6) is 0 Å². The first-order valence-corrected chi connectivity index (χ1v) is 8.99. The standard InChI is InChI=1S/C20H30N2O5.H2O/c1-20(2,3)10-11-21-15(13-17(23)24)18(25)22-16(19(26)27-4)12-14-8-6-5-7-9-14;/h5-9,15-16,21H,10-13H2,1-4H3,(H,22,25)(H,23,24);1H2. The summed E-state index contributed by atoms with van der Waals surface area (Å²) in [7, 11) is 1.25. The first-order valence-electron chi connectivity index (χ1n) is 8.99. The van der Waals surface area contributed by atoms with Crippen molar-refractivity contribution in [2.75, 3.05) is 13.7 Å². The molecule has 2 unspecified atom stereocenters. The van der Waals surface area contributed by atoms with Crippen LogP contribution in [0.25, 0.3) is 0 Å². The second-order valence-electron chi connectivity index (χ2n) is 7.69. The molecule has 0 aliphatic heterocycles. The van der Waals surface area contributed by atoms with Crippen molar-refractivity contribution >= 4 is 17.8 Å². The SMILES string of the molecule is COC(=O)C(Cc1ccccc1)NC(=O)C(CC(=O)O)NCCC(C)(C)C.O. The van der Waals surface area contributed by atoms with E-state index in [1.807, 2.05) is 30.3 Å². The van der Waals surface area contributed by atoms with E-state index < -0.39 is 29.9 Å². The minimum absolute atomic E-state index is 0. The van der Waals surface area contributed by atoms with Gasteiger partial charge in [-0.2, -0.15) is 0 Å². The highest BCUT2D eigenvalue weighted by molar-refractivity contribution is 5.90. The molecular formula is C20H32N2O6. The van der Waals surface area contributed by atoms with E-state index >= 15 is 0 Å². The van der Waals surface area contributed by atoms with Gasteiger partial charge in [-0.15, -0.1) is 0 Å². The molecule has 1 rings (SSSR count). The second-order valence-corrected chi connectivity index (χ2v) is 7.69. The molecule has 8 nitrogen and oxygen atoms in total. The first-order chi connectivity index (χ1) is 12.6. The van der Waals surface area contributed by atoms with Crippen molar-refractivity contribution in [1.29, 1.82) is 0 Å². The van der Waals surface area contributed by atoms with E-state index in [1.54, 1.807) is 0 Å². The van der Waals surface area contributed by atoms with Crippen LogP contribution in [0, 0.1) is 5.41 Å². The van der Waals surface area contributed by atoms with Crippen LogP contribution in [0.15, 0.2) is 30.3 Å². The zero-order valence-corrected chi connectivity index (χ0v) is 17.0. The maximum atomic E-state index is 12.6. The van der Waals surface area contributed by atoms with Gasteiger partial charge in [0.1, 0.15) is 6.04 Å². The van der Waals surface area contributed by atoms with E-state index in [4.69, 9.17) is 9.84 Å². The number of carboxylic acid groups (broad SMARTS) is 1. The van der Waals surface area contributed by atoms with Gasteiger partial charge >= 0.3 is 11.9 Å². The molecule has 1 aromatic carbocycles. The van der Waals surface area contributed by atoms with Gasteiger partial charge in [-0.1, -0.05) is 51.1 Å². The van der Waals surface area contributed by atoms with Gasteiger partial charge in [0.25, 0.3) is 0 Å². The van der Waals surface area contributed by atoms with Crippen molar-refractivity contribution in [3.63, 3.8) is 0 Å². The number of amides is 1. The third kappa shape index (κ3) is 10.0. The number of nitrogens with one attached hydrogen (secondary N) is 2. The smallest absolute Gasteiger partial charge is 0.328 e. The number of methoxy groups -OCH3 is 1. The lowest BCUT2D eigenvalue weighted by atomic mass is 9.92. The summed E-state index contributed by atoms with van der Waals surface area (Å²) >= 11 is 0. The lowest BCUT2D eigenvalue weighted by Crippen LogP contribution is -2.52. The van der Waals surface area contributed by atoms with E-state index in [0.29, 0.717) is 6.54 Å². The molecule has 0 aromatic heterocycles. The Bertz CT molecular complexity index is 627. The normalized spacial score (nSPS) is 13.0. The van der Waals surface area contributed by atoms with Crippen molar-refractivity contribution in [3.8, 4) is 0 Å². The molecule has 0 aliphatic rings. The maximum absolute atomic E-state index is 12.6. The van der Waals surface area contributed by atoms with Gasteiger partial charge in [-0.05, 0) is 23.9 Å². The Kier molecular flexibility index (Phi) is 11.0. The Hall–Kier alpha value is -2.45. The highest BCUT2D eigenvalue weighted by atomic mass is 16.5. The molecule has 0 bridgehead atoms. The summed E-state index contributed by atoms with van der Waals surface area (Å²) in [5.74, 6) is -2.19. The van der Waals surface area contributed by atoms with Gasteiger partial charge < -0.3 is 26.0 Å². The van der Waals surface area contributed by atoms with E-state index in [0.717, 1.165) is 12.0 Å². The minimum Gasteiger partial charge on any atom is -0.481 e. The van der Waals surface area contributed by atoms with E-state index in [2.05, 4.69) is 31.4 Å². The van der Waals surface area contributed by atoms with Crippen LogP contribution in [0.3, 0.4) is 0 Å². The number of aliphatic carboxylic acids is 1. The highest BCUT2D eigenvalue weighted by Crippen LogP contribution is 2.17. The van der Waals surface area contributed by atoms with Crippen molar-refractivity contribution < 1.29 is 29.7 Å². The predicted molar refractivity (Wildman–Crippen MR) is 106 cm³/mol. The summed E-state index contributed by atoms with van der Waals surface area (Å²) in [6, 6.07) is 7.42. The van der Waals surface area contributed by atoms with Crippen molar-refractivity contribution in [1.82, 2.24) is 10.6 Å². The molecule has 28 heavy (non-hydrogen) atoms. The molecular weight excluding hydrogens is 364 g/mol. The van der Waals surface area contributed by atoms with Crippen molar-refractivity contribution in [2.45, 2.75) is 52.1 Å². The molecule has 8 heteroatoms. The number of rotatable bonds is 10. The summed E-state index contributed by atoms with van der Waals surface area (Å²) in [6.07, 6.45) is 0.678. The maximum Gasteiger partial charge on any atom is 0.328 e. The van der Waals surface area contributed by atoms with Gasteiger partial charge in [-0.3, -0.25) is 9.59 Å². The molecule has 1 aromatic rings. The Morgan fingerprint density at radius 1 is 1.11 bits per heavy atom. The lowest BCUT2D eigenvalue weighted by molar-refractivity contribution is -0.145. The van der Waals surface area contributed by atoms with Gasteiger partial charge in [-0.25, -0.2) is 4.79 Å². The van der Waals surface area contributed by atoms with Crippen LogP contribution in [-0.2, 0) is 25.5 Å². The number of carbonyl (C=O) groups excluding carboxylic acids is 2. The van der Waals surface area contributed by atoms with Crippen molar-refractivity contribution in [2.24, 2.45) is 5.41 Å². The summed E-state index contributed by atoms with van der Waals surface area (Å²) in [5.41, 5.74) is 0.919. The Balaban J connectivity index is 0.00000729. The molecule has 0 fully saturated rings. The predicted octanol–water partition coefficient (Wildman–Crippen LogP) is 0.931. The van der Waals surface area contributed by atoms with Gasteiger partial charge in [0, 0.05) is 6.42 Å². The van der Waals surface area contributed by atoms with Crippen molar-refractivity contribution in [3.05, 3.63) is 35.9 Å². The average molecular weight is 396 g/mol. The number of hydrogen-bond acceptors (Lipinski definition) is 5. The third-order valence-electron chi connectivity index (χ3n) is 4.05. The van der Waals surface area contributed by atoms with Crippen LogP contribution in [-0.4, -0.2) is 54.2 Å². The number of carbonyl (C=O) groups is 3. The monoisotopic (exact) mass is 396 g/mol. The fourth-order valence-corrected chi connectivity index (χ4v) is 2.51. The Morgan fingerprint density at radius 3 is 2.21 bits per heavy atom. The van der Waals surface area contributed by atoms with E-state index in [9.17, 15) is 14.4 Å². The fraction of sp³-hybridized carbons (Fsp3) is 0.550. The number of benzene rings is 1. The Morgan fingerprint density at radius 2 is 1.71 bits per heavy atom. The molecule has 158 valence electrons. The second kappa shape index (κ2) is 12.1.